The van der Waals surface area contributed by atoms with E-state index in [0.717, 1.165) is 26.9 Å². The van der Waals surface area contributed by atoms with Crippen LogP contribution in [0.25, 0.3) is 27.6 Å². The summed E-state index contributed by atoms with van der Waals surface area (Å²) in [4.78, 5) is 18.8. The van der Waals surface area contributed by atoms with E-state index in [0.29, 0.717) is 22.0 Å². The third-order valence-electron chi connectivity index (χ3n) is 6.17. The summed E-state index contributed by atoms with van der Waals surface area (Å²) >= 11 is 4.79. The number of aryl methyl sites for hydroxylation is 1. The summed E-state index contributed by atoms with van der Waals surface area (Å²) in [5.41, 5.74) is 4.93. The summed E-state index contributed by atoms with van der Waals surface area (Å²) in [6.07, 6.45) is 0. The van der Waals surface area contributed by atoms with Crippen LogP contribution in [0.15, 0.2) is 93.5 Å². The topological polar surface area (TPSA) is 98.3 Å². The van der Waals surface area contributed by atoms with Gasteiger partial charge in [-0.15, -0.1) is 11.3 Å². The molecule has 1 N–H and O–H groups in total. The minimum Gasteiger partial charge on any atom is -0.288 e. The lowest BCUT2D eigenvalue weighted by atomic mass is 9.81. The highest BCUT2D eigenvalue weighted by Crippen LogP contribution is 2.36. The van der Waals surface area contributed by atoms with Crippen molar-refractivity contribution in [1.82, 2.24) is 14.8 Å². The Labute approximate surface area is 226 Å². The van der Waals surface area contributed by atoms with Gasteiger partial charge in [0.2, 0.25) is 5.13 Å². The quantitative estimate of drug-likeness (QED) is 0.244. The van der Waals surface area contributed by atoms with Gasteiger partial charge in [0, 0.05) is 21.3 Å². The van der Waals surface area contributed by atoms with Gasteiger partial charge in [-0.25, -0.2) is 4.98 Å². The molecule has 0 radical (unpaired) electrons. The first kappa shape index (κ1) is 24.5. The third-order valence-corrected chi connectivity index (χ3v) is 7.53. The Kier molecular flexibility index (Phi) is 6.87. The van der Waals surface area contributed by atoms with E-state index in [9.17, 15) is 15.3 Å². The fraction of sp³-hybridized carbons (Fsp3) is 0.103. The summed E-state index contributed by atoms with van der Waals surface area (Å²) in [5.74, 6) is -1.83. The number of hydrogen-bond acceptors (Lipinski definition) is 5. The van der Waals surface area contributed by atoms with E-state index in [1.807, 2.05) is 91.2 Å². The van der Waals surface area contributed by atoms with Crippen LogP contribution in [0.3, 0.4) is 0 Å². The summed E-state index contributed by atoms with van der Waals surface area (Å²) in [6, 6.07) is 29.0. The number of rotatable bonds is 6. The van der Waals surface area contributed by atoms with Crippen LogP contribution in [0.5, 0.6) is 0 Å². The Morgan fingerprint density at radius 3 is 2.27 bits per heavy atom. The van der Waals surface area contributed by atoms with Crippen molar-refractivity contribution in [2.75, 3.05) is 0 Å². The number of nitrogens with zero attached hydrogens (tertiary/aromatic N) is 4. The Bertz CT molecular complexity index is 1670. The standard InChI is InChI=1S/C29H20BrN5OS/c1-18-7-9-19(10-8-18)24-17-37-29(33-24)35-28(36)26(27(34-35)21-5-3-2-4-6-21)25(22(15-31)16-32)20-11-13-23(30)14-12-20/h2-14,17,22,25,34H,1H3. The van der Waals surface area contributed by atoms with E-state index in [1.54, 1.807) is 0 Å². The molecule has 0 aliphatic rings. The molecule has 37 heavy (non-hydrogen) atoms. The lowest BCUT2D eigenvalue weighted by Gasteiger charge is -2.18. The second-order valence-electron chi connectivity index (χ2n) is 8.55. The smallest absolute Gasteiger partial charge is 0.277 e. The van der Waals surface area contributed by atoms with Crippen molar-refractivity contribution in [3.63, 3.8) is 0 Å². The average molecular weight is 566 g/mol. The van der Waals surface area contributed by atoms with Gasteiger partial charge in [0.15, 0.2) is 0 Å². The molecule has 0 saturated carbocycles. The van der Waals surface area contributed by atoms with E-state index in [1.165, 1.54) is 16.0 Å². The molecule has 3 aromatic carbocycles. The molecule has 0 fully saturated rings. The molecule has 0 aliphatic carbocycles. The molecule has 0 amide bonds. The number of aromatic nitrogens is 3. The Morgan fingerprint density at radius 1 is 0.946 bits per heavy atom. The van der Waals surface area contributed by atoms with Gasteiger partial charge in [0.25, 0.3) is 5.56 Å². The van der Waals surface area contributed by atoms with Gasteiger partial charge in [0.1, 0.15) is 5.92 Å². The SMILES string of the molecule is Cc1ccc(-c2csc(-n3[nH]c(-c4ccccc4)c(C(c4ccc(Br)cc4)C(C#N)C#N)c3=O)n2)cc1. The first-order valence-electron chi connectivity index (χ1n) is 11.5. The molecule has 1 unspecified atom stereocenters. The number of H-pyrrole nitrogens is 1. The molecule has 5 rings (SSSR count). The first-order valence-corrected chi connectivity index (χ1v) is 13.2. The highest BCUT2D eigenvalue weighted by atomic mass is 79.9. The molecule has 8 heteroatoms. The number of thiazole rings is 1. The highest BCUT2D eigenvalue weighted by molar-refractivity contribution is 9.10. The zero-order valence-corrected chi connectivity index (χ0v) is 22.1. The molecule has 0 aliphatic heterocycles. The van der Waals surface area contributed by atoms with Gasteiger partial charge in [-0.3, -0.25) is 9.89 Å². The fourth-order valence-electron chi connectivity index (χ4n) is 4.30. The van der Waals surface area contributed by atoms with E-state index >= 15 is 0 Å². The molecule has 180 valence electrons. The van der Waals surface area contributed by atoms with Crippen LogP contribution in [0.2, 0.25) is 0 Å². The monoisotopic (exact) mass is 565 g/mol. The number of aromatic amines is 1. The van der Waals surface area contributed by atoms with Crippen molar-refractivity contribution < 1.29 is 0 Å². The molecule has 0 saturated heterocycles. The van der Waals surface area contributed by atoms with E-state index in [2.05, 4.69) is 33.2 Å². The van der Waals surface area contributed by atoms with Gasteiger partial charge in [-0.1, -0.05) is 88.2 Å². The second-order valence-corrected chi connectivity index (χ2v) is 10.3. The van der Waals surface area contributed by atoms with Gasteiger partial charge >= 0.3 is 0 Å². The zero-order valence-electron chi connectivity index (χ0n) is 19.7. The minimum absolute atomic E-state index is 0.341. The van der Waals surface area contributed by atoms with Crippen molar-refractivity contribution in [2.24, 2.45) is 5.92 Å². The summed E-state index contributed by atoms with van der Waals surface area (Å²) in [6.45, 7) is 2.03. The van der Waals surface area contributed by atoms with E-state index < -0.39 is 11.8 Å². The predicted molar refractivity (Wildman–Crippen MR) is 148 cm³/mol. The van der Waals surface area contributed by atoms with E-state index in [4.69, 9.17) is 4.98 Å². The molecule has 2 aromatic heterocycles. The number of nitriles is 2. The number of hydrogen-bond donors (Lipinski definition) is 1. The van der Waals surface area contributed by atoms with Crippen LogP contribution in [-0.4, -0.2) is 14.8 Å². The maximum atomic E-state index is 14.0. The predicted octanol–water partition coefficient (Wildman–Crippen LogP) is 6.82. The number of benzene rings is 3. The summed E-state index contributed by atoms with van der Waals surface area (Å²) in [5, 5.41) is 25.4. The van der Waals surface area contributed by atoms with Gasteiger partial charge in [0.05, 0.1) is 29.1 Å². The number of halogens is 1. The van der Waals surface area contributed by atoms with Crippen LogP contribution in [0.4, 0.5) is 0 Å². The Balaban J connectivity index is 1.72. The molecular formula is C29H20BrN5OS. The van der Waals surface area contributed by atoms with E-state index in [-0.39, 0.29) is 5.56 Å². The summed E-state index contributed by atoms with van der Waals surface area (Å²) in [7, 11) is 0. The van der Waals surface area contributed by atoms with Crippen LogP contribution in [0.1, 0.15) is 22.6 Å². The second kappa shape index (κ2) is 10.4. The first-order chi connectivity index (χ1) is 18.0. The fourth-order valence-corrected chi connectivity index (χ4v) is 5.35. The van der Waals surface area contributed by atoms with Crippen molar-refractivity contribution in [1.29, 1.82) is 10.5 Å². The molecule has 0 spiro atoms. The lowest BCUT2D eigenvalue weighted by molar-refractivity contribution is 0.703. The van der Waals surface area contributed by atoms with Gasteiger partial charge < -0.3 is 0 Å². The van der Waals surface area contributed by atoms with Crippen molar-refractivity contribution in [3.8, 4) is 39.8 Å². The summed E-state index contributed by atoms with van der Waals surface area (Å²) < 4.78 is 2.28. The van der Waals surface area contributed by atoms with Crippen LogP contribution < -0.4 is 5.56 Å². The Hall–Kier alpha value is -4.24. The molecule has 6 nitrogen and oxygen atoms in total. The minimum atomic E-state index is -1.07. The largest absolute Gasteiger partial charge is 0.288 e. The van der Waals surface area contributed by atoms with Gasteiger partial charge in [-0.05, 0) is 30.2 Å². The normalized spacial score (nSPS) is 11.7. The maximum absolute atomic E-state index is 14.0. The maximum Gasteiger partial charge on any atom is 0.277 e. The van der Waals surface area contributed by atoms with Crippen molar-refractivity contribution in [2.45, 2.75) is 12.8 Å². The van der Waals surface area contributed by atoms with Crippen LogP contribution in [-0.2, 0) is 0 Å². The van der Waals surface area contributed by atoms with Crippen molar-refractivity contribution >= 4 is 27.3 Å². The van der Waals surface area contributed by atoms with Crippen LogP contribution in [0, 0.1) is 35.5 Å². The zero-order chi connectivity index (χ0) is 25.9. The molecule has 5 aromatic rings. The van der Waals surface area contributed by atoms with Crippen LogP contribution >= 0.6 is 27.3 Å². The van der Waals surface area contributed by atoms with Crippen molar-refractivity contribution in [3.05, 3.63) is 116 Å². The number of nitrogens with one attached hydrogen (secondary N) is 1. The molecule has 1 atom stereocenters. The lowest BCUT2D eigenvalue weighted by Crippen LogP contribution is -2.23. The Morgan fingerprint density at radius 2 is 1.62 bits per heavy atom. The van der Waals surface area contributed by atoms with Gasteiger partial charge in [-0.2, -0.15) is 15.2 Å². The highest BCUT2D eigenvalue weighted by Gasteiger charge is 2.33. The average Bonchev–Trinajstić information content (AvgIpc) is 3.54. The molecule has 2 heterocycles. The third kappa shape index (κ3) is 4.77. The molecule has 0 bridgehead atoms. The molecular weight excluding hydrogens is 546 g/mol.